The van der Waals surface area contributed by atoms with Gasteiger partial charge in [-0.15, -0.1) is 0 Å². The van der Waals surface area contributed by atoms with Gasteiger partial charge in [-0.1, -0.05) is 43.7 Å². The average Bonchev–Trinajstić information content (AvgIpc) is 2.34. The summed E-state index contributed by atoms with van der Waals surface area (Å²) in [6, 6.07) is 9.52. The van der Waals surface area contributed by atoms with E-state index in [0.29, 0.717) is 0 Å². The molecule has 0 spiro atoms. The maximum absolute atomic E-state index is 12.2. The lowest BCUT2D eigenvalue weighted by Gasteiger charge is -2.39. The highest BCUT2D eigenvalue weighted by Gasteiger charge is 2.35. The summed E-state index contributed by atoms with van der Waals surface area (Å²) in [5.74, 6) is -0.0955. The molecule has 98 valence electrons. The standard InChI is InChI=1S/C15H22N2O/c1-14(9-6-10-14)11-17-13(18)15(2,16)12-7-4-3-5-8-12/h3-5,7-8H,6,9-11,16H2,1-2H3,(H,17,18). The molecule has 1 aliphatic rings. The SMILES string of the molecule is CC1(CNC(=O)C(C)(N)c2ccccc2)CCC1. The summed E-state index contributed by atoms with van der Waals surface area (Å²) in [6.45, 7) is 4.71. The van der Waals surface area contributed by atoms with Crippen molar-refractivity contribution in [3.8, 4) is 0 Å². The molecule has 0 aromatic heterocycles. The predicted octanol–water partition coefficient (Wildman–Crippen LogP) is 2.17. The molecule has 3 nitrogen and oxygen atoms in total. The van der Waals surface area contributed by atoms with E-state index in [1.807, 2.05) is 30.3 Å². The fraction of sp³-hybridized carbons (Fsp3) is 0.533. The Morgan fingerprint density at radius 3 is 2.50 bits per heavy atom. The Kier molecular flexibility index (Phi) is 3.44. The third-order valence-corrected chi connectivity index (χ3v) is 4.08. The van der Waals surface area contributed by atoms with Crippen LogP contribution >= 0.6 is 0 Å². The van der Waals surface area contributed by atoms with Crippen molar-refractivity contribution in [1.29, 1.82) is 0 Å². The molecule has 0 saturated heterocycles. The molecule has 3 N–H and O–H groups in total. The van der Waals surface area contributed by atoms with E-state index in [1.54, 1.807) is 6.92 Å². The monoisotopic (exact) mass is 246 g/mol. The van der Waals surface area contributed by atoms with Gasteiger partial charge in [0.1, 0.15) is 5.54 Å². The zero-order chi connectivity index (χ0) is 13.2. The first-order chi connectivity index (χ1) is 8.44. The Labute approximate surface area is 109 Å². The summed E-state index contributed by atoms with van der Waals surface area (Å²) in [6.07, 6.45) is 3.66. The van der Waals surface area contributed by atoms with Crippen molar-refractivity contribution in [3.63, 3.8) is 0 Å². The molecule has 0 heterocycles. The number of carbonyl (C=O) groups excluding carboxylic acids is 1. The average molecular weight is 246 g/mol. The van der Waals surface area contributed by atoms with Gasteiger partial charge in [0.25, 0.3) is 0 Å². The van der Waals surface area contributed by atoms with Gasteiger partial charge in [0.15, 0.2) is 0 Å². The van der Waals surface area contributed by atoms with Crippen LogP contribution in [0.1, 0.15) is 38.7 Å². The minimum absolute atomic E-state index is 0.0955. The van der Waals surface area contributed by atoms with E-state index in [2.05, 4.69) is 12.2 Å². The van der Waals surface area contributed by atoms with Gasteiger partial charge in [-0.3, -0.25) is 4.79 Å². The van der Waals surface area contributed by atoms with Crippen LogP contribution in [0, 0.1) is 5.41 Å². The number of benzene rings is 1. The van der Waals surface area contributed by atoms with E-state index < -0.39 is 5.54 Å². The summed E-state index contributed by atoms with van der Waals surface area (Å²) in [7, 11) is 0. The highest BCUT2D eigenvalue weighted by atomic mass is 16.2. The van der Waals surface area contributed by atoms with Gasteiger partial charge in [-0.25, -0.2) is 0 Å². The number of nitrogens with one attached hydrogen (secondary N) is 1. The second kappa shape index (κ2) is 4.73. The molecule has 1 aromatic rings. The molecule has 0 aliphatic heterocycles. The van der Waals surface area contributed by atoms with Gasteiger partial charge in [0, 0.05) is 6.54 Å². The van der Waals surface area contributed by atoms with Crippen LogP contribution in [0.4, 0.5) is 0 Å². The molecule has 18 heavy (non-hydrogen) atoms. The molecule has 0 radical (unpaired) electrons. The van der Waals surface area contributed by atoms with E-state index in [9.17, 15) is 4.79 Å². The van der Waals surface area contributed by atoms with Crippen LogP contribution in [0.25, 0.3) is 0 Å². The normalized spacial score (nSPS) is 20.6. The topological polar surface area (TPSA) is 55.1 Å². The van der Waals surface area contributed by atoms with E-state index in [4.69, 9.17) is 5.73 Å². The van der Waals surface area contributed by atoms with Crippen LogP contribution < -0.4 is 11.1 Å². The third-order valence-electron chi connectivity index (χ3n) is 4.08. The molecule has 1 unspecified atom stereocenters. The molecule has 1 amide bonds. The molecule has 1 fully saturated rings. The maximum Gasteiger partial charge on any atom is 0.244 e. The van der Waals surface area contributed by atoms with Crippen LogP contribution in [0.15, 0.2) is 30.3 Å². The summed E-state index contributed by atoms with van der Waals surface area (Å²) < 4.78 is 0. The zero-order valence-corrected chi connectivity index (χ0v) is 11.2. The minimum Gasteiger partial charge on any atom is -0.354 e. The van der Waals surface area contributed by atoms with Crippen molar-refractivity contribution in [3.05, 3.63) is 35.9 Å². The largest absolute Gasteiger partial charge is 0.354 e. The molecular formula is C15H22N2O. The van der Waals surface area contributed by atoms with Crippen molar-refractivity contribution in [2.75, 3.05) is 6.54 Å². The van der Waals surface area contributed by atoms with Gasteiger partial charge in [0.2, 0.25) is 5.91 Å². The van der Waals surface area contributed by atoms with Crippen LogP contribution in [0.2, 0.25) is 0 Å². The maximum atomic E-state index is 12.2. The lowest BCUT2D eigenvalue weighted by atomic mass is 9.70. The number of hydrogen-bond acceptors (Lipinski definition) is 2. The van der Waals surface area contributed by atoms with Crippen LogP contribution in [-0.2, 0) is 10.3 Å². The number of rotatable bonds is 4. The highest BCUT2D eigenvalue weighted by molar-refractivity contribution is 5.87. The number of nitrogens with two attached hydrogens (primary N) is 1. The lowest BCUT2D eigenvalue weighted by Crippen LogP contribution is -2.52. The third kappa shape index (κ3) is 2.56. The molecule has 1 atom stereocenters. The van der Waals surface area contributed by atoms with Crippen molar-refractivity contribution in [2.24, 2.45) is 11.1 Å². The minimum atomic E-state index is -0.957. The van der Waals surface area contributed by atoms with E-state index in [0.717, 1.165) is 12.1 Å². The molecule has 2 rings (SSSR count). The fourth-order valence-electron chi connectivity index (χ4n) is 2.35. The summed E-state index contributed by atoms with van der Waals surface area (Å²) in [4.78, 5) is 12.2. The van der Waals surface area contributed by atoms with Crippen LogP contribution in [0.5, 0.6) is 0 Å². The van der Waals surface area contributed by atoms with Gasteiger partial charge >= 0.3 is 0 Å². The fourth-order valence-corrected chi connectivity index (χ4v) is 2.35. The number of hydrogen-bond donors (Lipinski definition) is 2. The van der Waals surface area contributed by atoms with Crippen LogP contribution in [0.3, 0.4) is 0 Å². The summed E-state index contributed by atoms with van der Waals surface area (Å²) in [5, 5.41) is 3.00. The highest BCUT2D eigenvalue weighted by Crippen LogP contribution is 2.39. The first-order valence-corrected chi connectivity index (χ1v) is 6.57. The molecular weight excluding hydrogens is 224 g/mol. The predicted molar refractivity (Wildman–Crippen MR) is 72.9 cm³/mol. The van der Waals surface area contributed by atoms with Crippen molar-refractivity contribution >= 4 is 5.91 Å². The van der Waals surface area contributed by atoms with Crippen molar-refractivity contribution in [1.82, 2.24) is 5.32 Å². The van der Waals surface area contributed by atoms with Gasteiger partial charge in [0.05, 0.1) is 0 Å². The Morgan fingerprint density at radius 1 is 1.39 bits per heavy atom. The quantitative estimate of drug-likeness (QED) is 0.855. The van der Waals surface area contributed by atoms with E-state index in [1.165, 1.54) is 19.3 Å². The second-order valence-electron chi connectivity index (χ2n) is 5.92. The Hall–Kier alpha value is -1.35. The van der Waals surface area contributed by atoms with Crippen LogP contribution in [-0.4, -0.2) is 12.5 Å². The molecule has 1 aromatic carbocycles. The van der Waals surface area contributed by atoms with E-state index >= 15 is 0 Å². The zero-order valence-electron chi connectivity index (χ0n) is 11.2. The Balaban J connectivity index is 1.99. The summed E-state index contributed by atoms with van der Waals surface area (Å²) in [5.41, 5.74) is 6.33. The molecule has 1 saturated carbocycles. The molecule has 3 heteroatoms. The van der Waals surface area contributed by atoms with Gasteiger partial charge in [-0.05, 0) is 30.7 Å². The van der Waals surface area contributed by atoms with Crippen molar-refractivity contribution in [2.45, 2.75) is 38.6 Å². The second-order valence-corrected chi connectivity index (χ2v) is 5.92. The molecule has 1 aliphatic carbocycles. The Bertz CT molecular complexity index is 421. The molecule has 0 bridgehead atoms. The number of amides is 1. The van der Waals surface area contributed by atoms with E-state index in [-0.39, 0.29) is 11.3 Å². The van der Waals surface area contributed by atoms with Crippen molar-refractivity contribution < 1.29 is 4.79 Å². The first kappa shape index (κ1) is 13.1. The smallest absolute Gasteiger partial charge is 0.244 e. The van der Waals surface area contributed by atoms with Gasteiger partial charge < -0.3 is 11.1 Å². The Morgan fingerprint density at radius 2 is 2.00 bits per heavy atom. The lowest BCUT2D eigenvalue weighted by molar-refractivity contribution is -0.126. The number of carbonyl (C=O) groups is 1. The first-order valence-electron chi connectivity index (χ1n) is 6.57. The van der Waals surface area contributed by atoms with Gasteiger partial charge in [-0.2, -0.15) is 0 Å². The summed E-state index contributed by atoms with van der Waals surface area (Å²) >= 11 is 0.